The van der Waals surface area contributed by atoms with E-state index in [0.717, 1.165) is 69.6 Å². The first-order valence-electron chi connectivity index (χ1n) is 21.7. The molecule has 0 saturated carbocycles. The number of rotatable bonds is 38. The Morgan fingerprint density at radius 1 is 0.380 bits per heavy atom. The van der Waals surface area contributed by atoms with Crippen molar-refractivity contribution in [3.05, 3.63) is 0 Å². The first-order valence-corrected chi connectivity index (χ1v) is 21.7. The average Bonchev–Trinajstić information content (AvgIpc) is 3.08. The van der Waals surface area contributed by atoms with E-state index in [1.165, 1.54) is 122 Å². The minimum Gasteiger partial charge on any atom is -0.462 e. The van der Waals surface area contributed by atoms with E-state index in [2.05, 4.69) is 34.6 Å². The lowest BCUT2D eigenvalue weighted by Crippen LogP contribution is -2.30. The summed E-state index contributed by atoms with van der Waals surface area (Å²) in [6.45, 7) is 11.3. The smallest absolute Gasteiger partial charge is 0.306 e. The average molecular weight is 709 g/mol. The van der Waals surface area contributed by atoms with E-state index in [1.54, 1.807) is 0 Å². The lowest BCUT2D eigenvalue weighted by Gasteiger charge is -2.18. The molecule has 50 heavy (non-hydrogen) atoms. The van der Waals surface area contributed by atoms with Crippen LogP contribution in [0.5, 0.6) is 0 Å². The molecule has 0 aliphatic carbocycles. The van der Waals surface area contributed by atoms with Crippen LogP contribution < -0.4 is 0 Å². The third-order valence-corrected chi connectivity index (χ3v) is 9.72. The molecular formula is C44H84O6. The number of esters is 3. The number of ether oxygens (including phenoxy) is 3. The SMILES string of the molecule is CCCCCCCCCC(=O)OC[C@H](COC(=O)CCCCCCCCCCCC(C)C)OC(=O)CCCCCCCCCCCCC(C)C. The molecule has 6 nitrogen and oxygen atoms in total. The van der Waals surface area contributed by atoms with Crippen molar-refractivity contribution in [2.75, 3.05) is 13.2 Å². The van der Waals surface area contributed by atoms with Crippen molar-refractivity contribution < 1.29 is 28.6 Å². The van der Waals surface area contributed by atoms with Gasteiger partial charge < -0.3 is 14.2 Å². The quantitative estimate of drug-likeness (QED) is 0.0361. The summed E-state index contributed by atoms with van der Waals surface area (Å²) >= 11 is 0. The van der Waals surface area contributed by atoms with Gasteiger partial charge in [0.25, 0.3) is 0 Å². The third kappa shape index (κ3) is 37.7. The summed E-state index contributed by atoms with van der Waals surface area (Å²) in [5.41, 5.74) is 0. The van der Waals surface area contributed by atoms with Crippen LogP contribution in [0.4, 0.5) is 0 Å². The van der Waals surface area contributed by atoms with Crippen LogP contribution in [0.25, 0.3) is 0 Å². The van der Waals surface area contributed by atoms with Gasteiger partial charge in [0.05, 0.1) is 0 Å². The monoisotopic (exact) mass is 709 g/mol. The molecule has 0 spiro atoms. The Balaban J connectivity index is 4.30. The van der Waals surface area contributed by atoms with Crippen LogP contribution in [0, 0.1) is 11.8 Å². The second kappa shape index (κ2) is 37.2. The summed E-state index contributed by atoms with van der Waals surface area (Å²) in [7, 11) is 0. The van der Waals surface area contributed by atoms with E-state index in [1.807, 2.05) is 0 Å². The van der Waals surface area contributed by atoms with Crippen LogP contribution in [0.1, 0.15) is 234 Å². The molecule has 0 heterocycles. The van der Waals surface area contributed by atoms with Gasteiger partial charge in [-0.2, -0.15) is 0 Å². The molecule has 6 heteroatoms. The topological polar surface area (TPSA) is 78.9 Å². The highest BCUT2D eigenvalue weighted by Gasteiger charge is 2.19. The Morgan fingerprint density at radius 3 is 0.980 bits per heavy atom. The van der Waals surface area contributed by atoms with Crippen molar-refractivity contribution in [3.8, 4) is 0 Å². The number of unbranched alkanes of at least 4 members (excludes halogenated alkanes) is 23. The Hall–Kier alpha value is -1.59. The summed E-state index contributed by atoms with van der Waals surface area (Å²) < 4.78 is 16.6. The van der Waals surface area contributed by atoms with Gasteiger partial charge in [0.2, 0.25) is 0 Å². The fourth-order valence-electron chi connectivity index (χ4n) is 6.40. The number of hydrogen-bond donors (Lipinski definition) is 0. The van der Waals surface area contributed by atoms with Crippen molar-refractivity contribution in [2.24, 2.45) is 11.8 Å². The fourth-order valence-corrected chi connectivity index (χ4v) is 6.40. The molecule has 0 N–H and O–H groups in total. The Labute approximate surface area is 310 Å². The van der Waals surface area contributed by atoms with Crippen molar-refractivity contribution in [1.29, 1.82) is 0 Å². The van der Waals surface area contributed by atoms with Crippen LogP contribution in [-0.4, -0.2) is 37.2 Å². The van der Waals surface area contributed by atoms with E-state index in [9.17, 15) is 14.4 Å². The summed E-state index contributed by atoms with van der Waals surface area (Å²) in [6.07, 6.45) is 33.8. The van der Waals surface area contributed by atoms with Crippen LogP contribution in [0.2, 0.25) is 0 Å². The van der Waals surface area contributed by atoms with Gasteiger partial charge in [-0.1, -0.05) is 195 Å². The van der Waals surface area contributed by atoms with Gasteiger partial charge in [-0.05, 0) is 31.1 Å². The highest BCUT2D eigenvalue weighted by Crippen LogP contribution is 2.16. The fraction of sp³-hybridized carbons (Fsp3) is 0.932. The molecule has 296 valence electrons. The van der Waals surface area contributed by atoms with Crippen molar-refractivity contribution in [2.45, 2.75) is 240 Å². The maximum atomic E-state index is 12.7. The predicted molar refractivity (Wildman–Crippen MR) is 210 cm³/mol. The molecule has 0 aliphatic rings. The number of carbonyl (C=O) groups is 3. The second-order valence-corrected chi connectivity index (χ2v) is 15.9. The van der Waals surface area contributed by atoms with E-state index in [0.29, 0.717) is 19.3 Å². The van der Waals surface area contributed by atoms with Crippen molar-refractivity contribution >= 4 is 17.9 Å². The zero-order valence-corrected chi connectivity index (χ0v) is 34.0. The van der Waals surface area contributed by atoms with Crippen LogP contribution in [0.3, 0.4) is 0 Å². The van der Waals surface area contributed by atoms with Gasteiger partial charge in [-0.15, -0.1) is 0 Å². The maximum Gasteiger partial charge on any atom is 0.306 e. The molecule has 0 bridgehead atoms. The minimum atomic E-state index is -0.759. The zero-order chi connectivity index (χ0) is 36.9. The molecule has 0 rings (SSSR count). The second-order valence-electron chi connectivity index (χ2n) is 15.9. The van der Waals surface area contributed by atoms with Gasteiger partial charge in [0.15, 0.2) is 6.10 Å². The number of hydrogen-bond acceptors (Lipinski definition) is 6. The minimum absolute atomic E-state index is 0.0659. The predicted octanol–water partition coefficient (Wildman–Crippen LogP) is 13.4. The van der Waals surface area contributed by atoms with E-state index in [4.69, 9.17) is 14.2 Å². The molecule has 0 aromatic rings. The molecule has 0 amide bonds. The third-order valence-electron chi connectivity index (χ3n) is 9.72. The summed E-state index contributed by atoms with van der Waals surface area (Å²) in [4.78, 5) is 37.5. The Bertz CT molecular complexity index is 764. The summed E-state index contributed by atoms with van der Waals surface area (Å²) in [5, 5.41) is 0. The molecule has 0 fully saturated rings. The molecule has 0 unspecified atom stereocenters. The summed E-state index contributed by atoms with van der Waals surface area (Å²) in [6, 6.07) is 0. The molecule has 0 aromatic heterocycles. The van der Waals surface area contributed by atoms with Gasteiger partial charge in [0.1, 0.15) is 13.2 Å². The molecule has 0 saturated heterocycles. The zero-order valence-electron chi connectivity index (χ0n) is 34.0. The van der Waals surface area contributed by atoms with E-state index in [-0.39, 0.29) is 31.1 Å². The van der Waals surface area contributed by atoms with E-state index < -0.39 is 6.10 Å². The molecule has 1 atom stereocenters. The highest BCUT2D eigenvalue weighted by molar-refractivity contribution is 5.71. The van der Waals surface area contributed by atoms with Crippen molar-refractivity contribution in [1.82, 2.24) is 0 Å². The van der Waals surface area contributed by atoms with Crippen LogP contribution >= 0.6 is 0 Å². The Morgan fingerprint density at radius 2 is 0.660 bits per heavy atom. The molecule has 0 radical (unpaired) electrons. The van der Waals surface area contributed by atoms with Crippen LogP contribution in [0.15, 0.2) is 0 Å². The maximum absolute atomic E-state index is 12.7. The van der Waals surface area contributed by atoms with Crippen LogP contribution in [-0.2, 0) is 28.6 Å². The Kier molecular flexibility index (Phi) is 36.0. The van der Waals surface area contributed by atoms with E-state index >= 15 is 0 Å². The van der Waals surface area contributed by atoms with Gasteiger partial charge in [-0.3, -0.25) is 14.4 Å². The van der Waals surface area contributed by atoms with Gasteiger partial charge >= 0.3 is 17.9 Å². The summed E-state index contributed by atoms with van der Waals surface area (Å²) in [5.74, 6) is 0.757. The standard InChI is InChI=1S/C44H84O6/c1-6-7-8-9-17-24-29-34-42(45)48-37-41(38-49-43(46)35-30-25-20-16-12-14-19-23-28-33-40(4)5)50-44(47)36-31-26-21-15-11-10-13-18-22-27-32-39(2)3/h39-41H,6-38H2,1-5H3/t41-/m1/s1. The largest absolute Gasteiger partial charge is 0.462 e. The highest BCUT2D eigenvalue weighted by atomic mass is 16.6. The van der Waals surface area contributed by atoms with Gasteiger partial charge in [-0.25, -0.2) is 0 Å². The molecule has 0 aromatic carbocycles. The lowest BCUT2D eigenvalue weighted by molar-refractivity contribution is -0.167. The first kappa shape index (κ1) is 48.4. The molecule has 0 aliphatic heterocycles. The first-order chi connectivity index (χ1) is 24.2. The normalized spacial score (nSPS) is 12.1. The van der Waals surface area contributed by atoms with Crippen molar-refractivity contribution in [3.63, 3.8) is 0 Å². The van der Waals surface area contributed by atoms with Gasteiger partial charge in [0, 0.05) is 19.3 Å². The number of carbonyl (C=O) groups excluding carboxylic acids is 3. The molecular weight excluding hydrogens is 624 g/mol. The lowest BCUT2D eigenvalue weighted by atomic mass is 10.0.